The first kappa shape index (κ1) is 17.4. The number of nitrogens with one attached hydrogen (secondary N) is 1. The van der Waals surface area contributed by atoms with Crippen molar-refractivity contribution < 1.29 is 9.90 Å². The Morgan fingerprint density at radius 1 is 1.19 bits per heavy atom. The Labute approximate surface area is 161 Å². The van der Waals surface area contributed by atoms with Crippen molar-refractivity contribution in [3.8, 4) is 0 Å². The average molecular weight is 389 g/mol. The van der Waals surface area contributed by atoms with Gasteiger partial charge in [0.1, 0.15) is 0 Å². The molecule has 0 saturated carbocycles. The maximum atomic E-state index is 12.9. The lowest BCUT2D eigenvalue weighted by Crippen LogP contribution is -2.35. The minimum absolute atomic E-state index is 0.0340. The summed E-state index contributed by atoms with van der Waals surface area (Å²) in [6.07, 6.45) is 1.27. The number of aromatic nitrogens is 1. The number of hydrogen-bond donors (Lipinski definition) is 2. The van der Waals surface area contributed by atoms with E-state index in [1.165, 1.54) is 5.56 Å². The SMILES string of the molecule is O=C(c1ccc(CCO)c(Cl)c1)N1CCc2c([nH]c3ccc(Cl)cc23)C1. The molecule has 0 radical (unpaired) electrons. The van der Waals surface area contributed by atoms with Crippen LogP contribution in [-0.4, -0.2) is 34.0 Å². The highest BCUT2D eigenvalue weighted by molar-refractivity contribution is 6.32. The maximum Gasteiger partial charge on any atom is 0.254 e. The smallest absolute Gasteiger partial charge is 0.254 e. The number of aliphatic hydroxyl groups is 1. The summed E-state index contributed by atoms with van der Waals surface area (Å²) in [6.45, 7) is 1.23. The van der Waals surface area contributed by atoms with Gasteiger partial charge in [0.05, 0.1) is 6.54 Å². The van der Waals surface area contributed by atoms with Crippen molar-refractivity contribution >= 4 is 40.0 Å². The second-order valence-electron chi connectivity index (χ2n) is 6.53. The second kappa shape index (κ2) is 6.95. The van der Waals surface area contributed by atoms with Gasteiger partial charge in [0.2, 0.25) is 0 Å². The summed E-state index contributed by atoms with van der Waals surface area (Å²) in [5.41, 5.74) is 4.76. The van der Waals surface area contributed by atoms with Crippen molar-refractivity contribution in [1.29, 1.82) is 0 Å². The Hall–Kier alpha value is -2.01. The molecule has 1 amide bonds. The average Bonchev–Trinajstić information content (AvgIpc) is 3.00. The van der Waals surface area contributed by atoms with E-state index in [9.17, 15) is 4.79 Å². The first-order chi connectivity index (χ1) is 12.6. The summed E-state index contributed by atoms with van der Waals surface area (Å²) >= 11 is 12.4. The number of aliphatic hydroxyl groups excluding tert-OH is 1. The van der Waals surface area contributed by atoms with Gasteiger partial charge in [-0.05, 0) is 54.3 Å². The van der Waals surface area contributed by atoms with E-state index < -0.39 is 0 Å². The number of fused-ring (bicyclic) bond motifs is 3. The lowest BCUT2D eigenvalue weighted by atomic mass is 10.0. The second-order valence-corrected chi connectivity index (χ2v) is 7.37. The zero-order valence-electron chi connectivity index (χ0n) is 14.1. The minimum atomic E-state index is -0.0372. The number of carbonyl (C=O) groups is 1. The monoisotopic (exact) mass is 388 g/mol. The van der Waals surface area contributed by atoms with Crippen LogP contribution in [0.25, 0.3) is 10.9 Å². The van der Waals surface area contributed by atoms with Gasteiger partial charge >= 0.3 is 0 Å². The number of aromatic amines is 1. The Kier molecular flexibility index (Phi) is 4.65. The predicted octanol–water partition coefficient (Wildman–Crippen LogP) is 4.21. The van der Waals surface area contributed by atoms with Crippen LogP contribution in [-0.2, 0) is 19.4 Å². The van der Waals surface area contributed by atoms with Crippen LogP contribution in [0.5, 0.6) is 0 Å². The summed E-state index contributed by atoms with van der Waals surface area (Å²) < 4.78 is 0. The van der Waals surface area contributed by atoms with Crippen molar-refractivity contribution in [1.82, 2.24) is 9.88 Å². The molecule has 1 aliphatic heterocycles. The number of carbonyl (C=O) groups excluding carboxylic acids is 1. The highest BCUT2D eigenvalue weighted by atomic mass is 35.5. The normalized spacial score (nSPS) is 13.9. The molecule has 0 bridgehead atoms. The van der Waals surface area contributed by atoms with Crippen molar-refractivity contribution in [2.45, 2.75) is 19.4 Å². The highest BCUT2D eigenvalue weighted by Gasteiger charge is 2.25. The number of H-pyrrole nitrogens is 1. The molecular formula is C20H18Cl2N2O2. The van der Waals surface area contributed by atoms with Crippen LogP contribution in [0.4, 0.5) is 0 Å². The molecule has 0 saturated heterocycles. The first-order valence-corrected chi connectivity index (χ1v) is 9.30. The largest absolute Gasteiger partial charge is 0.396 e. The van der Waals surface area contributed by atoms with Crippen LogP contribution in [0.2, 0.25) is 10.0 Å². The summed E-state index contributed by atoms with van der Waals surface area (Å²) in [7, 11) is 0. The summed E-state index contributed by atoms with van der Waals surface area (Å²) in [4.78, 5) is 18.1. The van der Waals surface area contributed by atoms with E-state index in [1.807, 2.05) is 29.2 Å². The van der Waals surface area contributed by atoms with Gasteiger partial charge in [-0.3, -0.25) is 4.79 Å². The van der Waals surface area contributed by atoms with Crippen LogP contribution in [0.15, 0.2) is 36.4 Å². The van der Waals surface area contributed by atoms with E-state index in [0.29, 0.717) is 30.1 Å². The van der Waals surface area contributed by atoms with Crippen LogP contribution < -0.4 is 0 Å². The quantitative estimate of drug-likeness (QED) is 0.705. The van der Waals surface area contributed by atoms with E-state index in [0.717, 1.165) is 33.6 Å². The molecule has 0 aliphatic carbocycles. The Bertz CT molecular complexity index is 997. The fourth-order valence-electron chi connectivity index (χ4n) is 3.57. The van der Waals surface area contributed by atoms with Crippen LogP contribution in [0, 0.1) is 0 Å². The van der Waals surface area contributed by atoms with Crippen LogP contribution >= 0.6 is 23.2 Å². The molecule has 0 fully saturated rings. The Balaban J connectivity index is 1.59. The standard InChI is InChI=1S/C20H18Cl2N2O2/c21-14-3-4-18-16(10-14)15-5-7-24(11-19(15)23-18)20(26)13-2-1-12(6-8-25)17(22)9-13/h1-4,9-10,23,25H,5-8,11H2. The number of halogens is 2. The zero-order chi connectivity index (χ0) is 18.3. The first-order valence-electron chi connectivity index (χ1n) is 8.54. The fourth-order valence-corrected chi connectivity index (χ4v) is 4.02. The molecule has 4 rings (SSSR count). The molecule has 0 unspecified atom stereocenters. The summed E-state index contributed by atoms with van der Waals surface area (Å²) in [5, 5.41) is 11.4. The number of benzene rings is 2. The van der Waals surface area contributed by atoms with Crippen molar-refractivity contribution in [2.24, 2.45) is 0 Å². The number of rotatable bonds is 3. The number of hydrogen-bond acceptors (Lipinski definition) is 2. The van der Waals surface area contributed by atoms with Gasteiger partial charge in [-0.25, -0.2) is 0 Å². The molecule has 1 aliphatic rings. The minimum Gasteiger partial charge on any atom is -0.396 e. The molecule has 134 valence electrons. The molecule has 0 spiro atoms. The van der Waals surface area contributed by atoms with Gasteiger partial charge in [0.25, 0.3) is 5.91 Å². The lowest BCUT2D eigenvalue weighted by Gasteiger charge is -2.27. The fraction of sp³-hybridized carbons (Fsp3) is 0.250. The zero-order valence-corrected chi connectivity index (χ0v) is 15.6. The molecule has 3 aromatic rings. The van der Waals surface area contributed by atoms with Gasteiger partial charge < -0.3 is 15.0 Å². The third-order valence-electron chi connectivity index (χ3n) is 4.91. The van der Waals surface area contributed by atoms with E-state index in [2.05, 4.69) is 4.98 Å². The van der Waals surface area contributed by atoms with Crippen LogP contribution in [0.1, 0.15) is 27.2 Å². The third kappa shape index (κ3) is 3.09. The van der Waals surface area contributed by atoms with Crippen molar-refractivity contribution in [3.05, 3.63) is 68.8 Å². The topological polar surface area (TPSA) is 56.3 Å². The van der Waals surface area contributed by atoms with Gasteiger partial charge in [-0.15, -0.1) is 0 Å². The molecular weight excluding hydrogens is 371 g/mol. The van der Waals surface area contributed by atoms with Crippen molar-refractivity contribution in [2.75, 3.05) is 13.2 Å². The van der Waals surface area contributed by atoms with Crippen LogP contribution in [0.3, 0.4) is 0 Å². The van der Waals surface area contributed by atoms with E-state index in [4.69, 9.17) is 28.3 Å². The third-order valence-corrected chi connectivity index (χ3v) is 5.49. The molecule has 26 heavy (non-hydrogen) atoms. The molecule has 2 heterocycles. The molecule has 6 heteroatoms. The molecule has 2 aromatic carbocycles. The van der Waals surface area contributed by atoms with Gasteiger partial charge in [0.15, 0.2) is 0 Å². The van der Waals surface area contributed by atoms with Gasteiger partial charge in [0, 0.05) is 45.4 Å². The Morgan fingerprint density at radius 2 is 2.04 bits per heavy atom. The highest BCUT2D eigenvalue weighted by Crippen LogP contribution is 2.30. The molecule has 2 N–H and O–H groups in total. The maximum absolute atomic E-state index is 12.9. The molecule has 1 aromatic heterocycles. The summed E-state index contributed by atoms with van der Waals surface area (Å²) in [6, 6.07) is 11.1. The van der Waals surface area contributed by atoms with Gasteiger partial charge in [-0.1, -0.05) is 29.3 Å². The molecule has 4 nitrogen and oxygen atoms in total. The lowest BCUT2D eigenvalue weighted by molar-refractivity contribution is 0.0733. The van der Waals surface area contributed by atoms with E-state index in [-0.39, 0.29) is 12.5 Å². The van der Waals surface area contributed by atoms with Crippen molar-refractivity contribution in [3.63, 3.8) is 0 Å². The number of nitrogens with zero attached hydrogens (tertiary/aromatic N) is 1. The Morgan fingerprint density at radius 3 is 2.81 bits per heavy atom. The summed E-state index contributed by atoms with van der Waals surface area (Å²) in [5.74, 6) is -0.0372. The van der Waals surface area contributed by atoms with E-state index in [1.54, 1.807) is 12.1 Å². The van der Waals surface area contributed by atoms with E-state index >= 15 is 0 Å². The molecule has 0 atom stereocenters. The predicted molar refractivity (Wildman–Crippen MR) is 104 cm³/mol. The number of amides is 1. The van der Waals surface area contributed by atoms with Gasteiger partial charge in [-0.2, -0.15) is 0 Å².